The van der Waals surface area contributed by atoms with Crippen molar-refractivity contribution in [1.82, 2.24) is 20.2 Å². The molecular formula is C30H27ClFIN4O5. The Hall–Kier alpha value is -3.52. The summed E-state index contributed by atoms with van der Waals surface area (Å²) in [6.07, 6.45) is -1.02. The van der Waals surface area contributed by atoms with Crippen molar-refractivity contribution < 1.29 is 28.9 Å². The maximum Gasteiger partial charge on any atom is 0.325 e. The van der Waals surface area contributed by atoms with Crippen LogP contribution in [0.1, 0.15) is 41.9 Å². The number of imide groups is 1. The summed E-state index contributed by atoms with van der Waals surface area (Å²) in [6, 6.07) is 18.1. The number of aliphatic hydroxyl groups is 2. The summed E-state index contributed by atoms with van der Waals surface area (Å²) in [4.78, 5) is 36.0. The Morgan fingerprint density at radius 2 is 1.83 bits per heavy atom. The maximum atomic E-state index is 14.9. The molecule has 0 bridgehead atoms. The number of hydrogen-bond donors (Lipinski definition) is 4. The van der Waals surface area contributed by atoms with Crippen LogP contribution < -0.4 is 10.1 Å². The van der Waals surface area contributed by atoms with Crippen molar-refractivity contribution in [3.05, 3.63) is 104 Å². The lowest BCUT2D eigenvalue weighted by molar-refractivity contribution is -0.129. The van der Waals surface area contributed by atoms with Gasteiger partial charge in [0.25, 0.3) is 5.91 Å². The first-order valence-corrected chi connectivity index (χ1v) is 14.5. The van der Waals surface area contributed by atoms with Crippen LogP contribution in [-0.2, 0) is 4.79 Å². The molecule has 4 N–H and O–H groups in total. The molecule has 2 heterocycles. The normalized spacial score (nSPS) is 17.2. The second-order valence-corrected chi connectivity index (χ2v) is 11.5. The number of nitrogens with one attached hydrogen (secondary N) is 2. The van der Waals surface area contributed by atoms with Crippen molar-refractivity contribution in [2.45, 2.75) is 31.0 Å². The van der Waals surface area contributed by atoms with Crippen molar-refractivity contribution in [2.24, 2.45) is 0 Å². The highest BCUT2D eigenvalue weighted by atomic mass is 127. The SMILES string of the molecule is C[C@H](c1ccccc1)[C@@H](c1nc(Cl)c(-c2ccc(I)cc2F)[nH]1)N1C(=O)N[C@H](c2ccc(OC[C@H](O)CO)cc2)C1=O. The fourth-order valence-electron chi connectivity index (χ4n) is 4.89. The number of aromatic nitrogens is 2. The highest BCUT2D eigenvalue weighted by Gasteiger charge is 2.46. The molecule has 1 aromatic heterocycles. The van der Waals surface area contributed by atoms with Gasteiger partial charge in [-0.1, -0.05) is 61.0 Å². The number of imidazole rings is 1. The number of carbonyl (C=O) groups excluding carboxylic acids is 2. The van der Waals surface area contributed by atoms with Crippen molar-refractivity contribution in [2.75, 3.05) is 13.2 Å². The van der Waals surface area contributed by atoms with E-state index in [-0.39, 0.29) is 28.8 Å². The fraction of sp³-hybridized carbons (Fsp3) is 0.233. The molecule has 0 spiro atoms. The van der Waals surface area contributed by atoms with Crippen molar-refractivity contribution in [1.29, 1.82) is 0 Å². The van der Waals surface area contributed by atoms with Gasteiger partial charge in [0.2, 0.25) is 0 Å². The Bertz CT molecular complexity index is 1590. The van der Waals surface area contributed by atoms with E-state index in [9.17, 15) is 19.1 Å². The number of rotatable bonds is 10. The molecule has 1 aliphatic rings. The van der Waals surface area contributed by atoms with E-state index in [4.69, 9.17) is 21.4 Å². The van der Waals surface area contributed by atoms with Crippen LogP contribution in [0.15, 0.2) is 72.8 Å². The first-order valence-electron chi connectivity index (χ1n) is 13.1. The standard InChI is InChI=1S/C30H27ClFIN4O5/c1-16(17-5-3-2-4-6-17)26(28-34-25(27(31)36-28)22-12-9-19(33)13-23(22)32)37-29(40)24(35-30(37)41)18-7-10-21(11-8-18)42-15-20(39)14-38/h2-13,16,20,24,26,38-39H,14-15H2,1H3,(H,34,36)(H,35,41)/t16-,20-,24-,26+/m1/s1. The monoisotopic (exact) mass is 704 g/mol. The number of ether oxygens (including phenoxy) is 1. The highest BCUT2D eigenvalue weighted by molar-refractivity contribution is 14.1. The molecule has 0 aliphatic carbocycles. The van der Waals surface area contributed by atoms with Gasteiger partial charge in [-0.25, -0.2) is 14.2 Å². The molecule has 5 rings (SSSR count). The summed E-state index contributed by atoms with van der Waals surface area (Å²) in [7, 11) is 0. The Labute approximate surface area is 259 Å². The topological polar surface area (TPSA) is 128 Å². The van der Waals surface area contributed by atoms with Gasteiger partial charge in [-0.2, -0.15) is 0 Å². The van der Waals surface area contributed by atoms with Crippen LogP contribution in [0.5, 0.6) is 5.75 Å². The number of halogens is 3. The first kappa shape index (κ1) is 30.0. The van der Waals surface area contributed by atoms with E-state index in [2.05, 4.69) is 15.3 Å². The first-order chi connectivity index (χ1) is 20.2. The second kappa shape index (κ2) is 12.8. The molecule has 0 radical (unpaired) electrons. The van der Waals surface area contributed by atoms with E-state index in [1.807, 2.05) is 59.8 Å². The Morgan fingerprint density at radius 1 is 1.12 bits per heavy atom. The molecule has 4 aromatic rings. The van der Waals surface area contributed by atoms with Gasteiger partial charge >= 0.3 is 6.03 Å². The van der Waals surface area contributed by atoms with Crippen LogP contribution in [0.2, 0.25) is 5.15 Å². The largest absolute Gasteiger partial charge is 0.491 e. The summed E-state index contributed by atoms with van der Waals surface area (Å²) in [5, 5.41) is 21.3. The highest BCUT2D eigenvalue weighted by Crippen LogP contribution is 2.41. The molecule has 1 aliphatic heterocycles. The smallest absolute Gasteiger partial charge is 0.325 e. The summed E-state index contributed by atoms with van der Waals surface area (Å²) in [5.41, 5.74) is 1.84. The van der Waals surface area contributed by atoms with Gasteiger partial charge < -0.3 is 25.3 Å². The lowest BCUT2D eigenvalue weighted by Gasteiger charge is -2.29. The third-order valence-corrected chi connectivity index (χ3v) is 8.02. The Kier molecular flexibility index (Phi) is 9.11. The van der Waals surface area contributed by atoms with Gasteiger partial charge in [0.1, 0.15) is 42.2 Å². The molecule has 4 atom stereocenters. The second-order valence-electron chi connectivity index (χ2n) is 9.86. The lowest BCUT2D eigenvalue weighted by Crippen LogP contribution is -2.38. The van der Waals surface area contributed by atoms with Crippen LogP contribution in [-0.4, -0.2) is 56.3 Å². The number of aromatic amines is 1. The summed E-state index contributed by atoms with van der Waals surface area (Å²) in [5.74, 6) is -0.729. The number of nitrogens with zero attached hydrogens (tertiary/aromatic N) is 2. The van der Waals surface area contributed by atoms with Gasteiger partial charge in [0.15, 0.2) is 5.15 Å². The number of amides is 3. The van der Waals surface area contributed by atoms with E-state index in [0.29, 0.717) is 14.9 Å². The predicted octanol–water partition coefficient (Wildman–Crippen LogP) is 5.34. The van der Waals surface area contributed by atoms with Crippen molar-refractivity contribution in [3.63, 3.8) is 0 Å². The lowest BCUT2D eigenvalue weighted by atomic mass is 9.91. The van der Waals surface area contributed by atoms with Crippen LogP contribution in [0.4, 0.5) is 9.18 Å². The molecule has 1 fully saturated rings. The van der Waals surface area contributed by atoms with E-state index >= 15 is 0 Å². The molecule has 9 nitrogen and oxygen atoms in total. The van der Waals surface area contributed by atoms with Gasteiger partial charge in [0.05, 0.1) is 12.3 Å². The van der Waals surface area contributed by atoms with Crippen LogP contribution in [0, 0.1) is 9.39 Å². The molecule has 3 amide bonds. The quantitative estimate of drug-likeness (QED) is 0.130. The minimum absolute atomic E-state index is 0.0147. The molecule has 3 aromatic carbocycles. The number of H-pyrrole nitrogens is 1. The van der Waals surface area contributed by atoms with E-state index in [1.165, 1.54) is 6.07 Å². The zero-order valence-electron chi connectivity index (χ0n) is 22.3. The van der Waals surface area contributed by atoms with Gasteiger partial charge in [-0.15, -0.1) is 0 Å². The zero-order valence-corrected chi connectivity index (χ0v) is 25.2. The van der Waals surface area contributed by atoms with Gasteiger partial charge in [0, 0.05) is 15.1 Å². The number of urea groups is 1. The molecule has 1 saturated heterocycles. The van der Waals surface area contributed by atoms with E-state index in [1.54, 1.807) is 36.4 Å². The average molecular weight is 705 g/mol. The Morgan fingerprint density at radius 3 is 2.50 bits per heavy atom. The maximum absolute atomic E-state index is 14.9. The number of aliphatic hydroxyl groups excluding tert-OH is 2. The third-order valence-electron chi connectivity index (χ3n) is 7.07. The van der Waals surface area contributed by atoms with Crippen molar-refractivity contribution in [3.8, 4) is 17.0 Å². The number of benzene rings is 3. The van der Waals surface area contributed by atoms with E-state index in [0.717, 1.165) is 10.5 Å². The summed E-state index contributed by atoms with van der Waals surface area (Å²) < 4.78 is 21.0. The number of hydrogen-bond acceptors (Lipinski definition) is 6. The van der Waals surface area contributed by atoms with Crippen LogP contribution in [0.25, 0.3) is 11.3 Å². The number of carbonyl (C=O) groups is 2. The molecule has 218 valence electrons. The molecule has 42 heavy (non-hydrogen) atoms. The van der Waals surface area contributed by atoms with Gasteiger partial charge in [-0.3, -0.25) is 9.69 Å². The average Bonchev–Trinajstić information content (AvgIpc) is 3.51. The minimum Gasteiger partial charge on any atom is -0.491 e. The summed E-state index contributed by atoms with van der Waals surface area (Å²) >= 11 is 8.52. The fourth-order valence-corrected chi connectivity index (χ4v) is 5.58. The predicted molar refractivity (Wildman–Crippen MR) is 162 cm³/mol. The van der Waals surface area contributed by atoms with Crippen LogP contribution in [0.3, 0.4) is 0 Å². The van der Waals surface area contributed by atoms with E-state index < -0.39 is 48.5 Å². The molecule has 0 saturated carbocycles. The molecule has 12 heteroatoms. The molecule has 0 unspecified atom stereocenters. The minimum atomic E-state index is -1.02. The zero-order chi connectivity index (χ0) is 30.0. The van der Waals surface area contributed by atoms with Crippen LogP contribution >= 0.6 is 34.2 Å². The Balaban J connectivity index is 1.49. The van der Waals surface area contributed by atoms with Gasteiger partial charge in [-0.05, 0) is 64.0 Å². The third kappa shape index (κ3) is 6.14. The molecular weight excluding hydrogens is 678 g/mol. The summed E-state index contributed by atoms with van der Waals surface area (Å²) in [6.45, 7) is 1.35. The van der Waals surface area contributed by atoms with Crippen molar-refractivity contribution >= 4 is 46.1 Å².